The van der Waals surface area contributed by atoms with E-state index >= 15 is 0 Å². The van der Waals surface area contributed by atoms with Crippen molar-refractivity contribution in [2.45, 2.75) is 51.1 Å². The number of rotatable bonds is 2. The van der Waals surface area contributed by atoms with Crippen molar-refractivity contribution in [2.24, 2.45) is 0 Å². The second-order valence-corrected chi connectivity index (χ2v) is 7.82. The van der Waals surface area contributed by atoms with Gasteiger partial charge in [-0.05, 0) is 33.3 Å². The lowest BCUT2D eigenvalue weighted by Gasteiger charge is -2.36. The number of piperazine rings is 1. The van der Waals surface area contributed by atoms with Crippen LogP contribution in [0.3, 0.4) is 0 Å². The SMILES string of the molecule is CC(C)(C)OC(=O)N1C[C@@H]2C[C@H]1CN2c1cc([N+](=O)[O-])cc(C(F)(F)F)c1. The molecule has 1 aromatic rings. The normalized spacial score (nSPS) is 22.3. The summed E-state index contributed by atoms with van der Waals surface area (Å²) in [4.78, 5) is 25.7. The molecule has 2 fully saturated rings. The topological polar surface area (TPSA) is 75.9 Å². The predicted molar refractivity (Wildman–Crippen MR) is 90.6 cm³/mol. The van der Waals surface area contributed by atoms with Crippen molar-refractivity contribution >= 4 is 17.5 Å². The van der Waals surface area contributed by atoms with Crippen molar-refractivity contribution in [1.82, 2.24) is 4.90 Å². The molecule has 3 rings (SSSR count). The van der Waals surface area contributed by atoms with Crippen molar-refractivity contribution < 1.29 is 27.6 Å². The van der Waals surface area contributed by atoms with Gasteiger partial charge in [0, 0.05) is 37.0 Å². The molecular formula is C17H20F3N3O4. The highest BCUT2D eigenvalue weighted by Gasteiger charge is 2.47. The lowest BCUT2D eigenvalue weighted by molar-refractivity contribution is -0.385. The van der Waals surface area contributed by atoms with E-state index in [1.165, 1.54) is 0 Å². The molecule has 10 heteroatoms. The monoisotopic (exact) mass is 387 g/mol. The third-order valence-electron chi connectivity index (χ3n) is 4.64. The predicted octanol–water partition coefficient (Wildman–Crippen LogP) is 3.81. The van der Waals surface area contributed by atoms with Gasteiger partial charge in [-0.25, -0.2) is 4.79 Å². The average molecular weight is 387 g/mol. The first-order valence-corrected chi connectivity index (χ1v) is 8.48. The number of ether oxygens (including phenoxy) is 1. The Kier molecular flexibility index (Phi) is 4.47. The minimum atomic E-state index is -4.68. The van der Waals surface area contributed by atoms with Crippen LogP contribution in [0.15, 0.2) is 18.2 Å². The third-order valence-corrected chi connectivity index (χ3v) is 4.64. The Hall–Kier alpha value is -2.52. The number of carbonyl (C=O) groups is 1. The summed E-state index contributed by atoms with van der Waals surface area (Å²) in [5.41, 5.74) is -2.15. The number of nitro benzene ring substituents is 1. The van der Waals surface area contributed by atoms with Crippen LogP contribution in [-0.2, 0) is 10.9 Å². The number of non-ortho nitro benzene ring substituents is 1. The van der Waals surface area contributed by atoms with Crippen molar-refractivity contribution in [1.29, 1.82) is 0 Å². The van der Waals surface area contributed by atoms with Gasteiger partial charge in [-0.15, -0.1) is 0 Å². The molecule has 0 N–H and O–H groups in total. The van der Waals surface area contributed by atoms with Crippen molar-refractivity contribution in [3.8, 4) is 0 Å². The van der Waals surface area contributed by atoms with Crippen LogP contribution in [0.2, 0.25) is 0 Å². The van der Waals surface area contributed by atoms with E-state index in [0.29, 0.717) is 25.6 Å². The number of anilines is 1. The lowest BCUT2D eigenvalue weighted by Crippen LogP contribution is -2.50. The molecule has 0 aliphatic carbocycles. The Morgan fingerprint density at radius 3 is 2.33 bits per heavy atom. The molecule has 0 aromatic heterocycles. The van der Waals surface area contributed by atoms with Gasteiger partial charge in [0.15, 0.2) is 0 Å². The number of carbonyl (C=O) groups excluding carboxylic acids is 1. The number of halogens is 3. The molecular weight excluding hydrogens is 367 g/mol. The van der Waals surface area contributed by atoms with Gasteiger partial charge in [-0.1, -0.05) is 0 Å². The molecule has 1 aromatic carbocycles. The van der Waals surface area contributed by atoms with Crippen molar-refractivity contribution in [3.05, 3.63) is 33.9 Å². The fourth-order valence-electron chi connectivity index (χ4n) is 3.56. The van der Waals surface area contributed by atoms with Gasteiger partial charge in [0.05, 0.1) is 16.5 Å². The third kappa shape index (κ3) is 3.93. The van der Waals surface area contributed by atoms with E-state index in [1.807, 2.05) is 0 Å². The van der Waals surface area contributed by atoms with E-state index in [4.69, 9.17) is 4.74 Å². The zero-order valence-electron chi connectivity index (χ0n) is 15.1. The van der Waals surface area contributed by atoms with Gasteiger partial charge in [0.2, 0.25) is 0 Å². The Bertz CT molecular complexity index is 776. The quantitative estimate of drug-likeness (QED) is 0.570. The highest BCUT2D eigenvalue weighted by atomic mass is 19.4. The summed E-state index contributed by atoms with van der Waals surface area (Å²) in [5, 5.41) is 11.0. The number of benzene rings is 1. The van der Waals surface area contributed by atoms with Gasteiger partial charge >= 0.3 is 12.3 Å². The number of nitrogens with zero attached hydrogens (tertiary/aromatic N) is 3. The largest absolute Gasteiger partial charge is 0.444 e. The molecule has 2 heterocycles. The molecule has 2 aliphatic heterocycles. The van der Waals surface area contributed by atoms with E-state index in [0.717, 1.165) is 12.1 Å². The minimum absolute atomic E-state index is 0.146. The Morgan fingerprint density at radius 1 is 1.19 bits per heavy atom. The van der Waals surface area contributed by atoms with Gasteiger partial charge in [0.1, 0.15) is 5.60 Å². The Morgan fingerprint density at radius 2 is 1.85 bits per heavy atom. The zero-order chi connectivity index (χ0) is 20.1. The maximum atomic E-state index is 13.1. The highest BCUT2D eigenvalue weighted by molar-refractivity contribution is 5.70. The van der Waals surface area contributed by atoms with Crippen LogP contribution < -0.4 is 4.90 Å². The van der Waals surface area contributed by atoms with Crippen LogP contribution in [0.25, 0.3) is 0 Å². The van der Waals surface area contributed by atoms with Crippen LogP contribution >= 0.6 is 0 Å². The summed E-state index contributed by atoms with van der Waals surface area (Å²) in [6.45, 7) is 5.89. The molecule has 2 saturated heterocycles. The maximum Gasteiger partial charge on any atom is 0.416 e. The average Bonchev–Trinajstić information content (AvgIpc) is 3.12. The zero-order valence-corrected chi connectivity index (χ0v) is 15.1. The van der Waals surface area contributed by atoms with Crippen molar-refractivity contribution in [3.63, 3.8) is 0 Å². The van der Waals surface area contributed by atoms with Crippen LogP contribution in [0.5, 0.6) is 0 Å². The number of hydrogen-bond acceptors (Lipinski definition) is 5. The number of alkyl halides is 3. The van der Waals surface area contributed by atoms with E-state index in [1.54, 1.807) is 30.6 Å². The Balaban J connectivity index is 1.82. The first-order chi connectivity index (χ1) is 12.3. The lowest BCUT2D eigenvalue weighted by atomic mass is 10.1. The van der Waals surface area contributed by atoms with E-state index in [9.17, 15) is 28.1 Å². The van der Waals surface area contributed by atoms with Gasteiger partial charge in [-0.3, -0.25) is 10.1 Å². The van der Waals surface area contributed by atoms with Crippen LogP contribution in [-0.4, -0.2) is 46.7 Å². The van der Waals surface area contributed by atoms with Crippen molar-refractivity contribution in [2.75, 3.05) is 18.0 Å². The first kappa shape index (κ1) is 19.2. The maximum absolute atomic E-state index is 13.1. The Labute approximate surface area is 153 Å². The van der Waals surface area contributed by atoms with Crippen LogP contribution in [0, 0.1) is 10.1 Å². The second-order valence-electron chi connectivity index (χ2n) is 7.82. The molecule has 2 bridgehead atoms. The molecule has 0 unspecified atom stereocenters. The first-order valence-electron chi connectivity index (χ1n) is 8.48. The molecule has 148 valence electrons. The summed E-state index contributed by atoms with van der Waals surface area (Å²) in [7, 11) is 0. The number of amides is 1. The number of likely N-dealkylation sites (tertiary alicyclic amines) is 1. The van der Waals surface area contributed by atoms with E-state index < -0.39 is 34.0 Å². The highest BCUT2D eigenvalue weighted by Crippen LogP contribution is 2.40. The summed E-state index contributed by atoms with van der Waals surface area (Å²) < 4.78 is 44.7. The van der Waals surface area contributed by atoms with Crippen LogP contribution in [0.4, 0.5) is 29.3 Å². The molecule has 27 heavy (non-hydrogen) atoms. The summed E-state index contributed by atoms with van der Waals surface area (Å²) in [6, 6.07) is 2.20. The summed E-state index contributed by atoms with van der Waals surface area (Å²) >= 11 is 0. The molecule has 2 atom stereocenters. The van der Waals surface area contributed by atoms with Gasteiger partial charge in [0.25, 0.3) is 5.69 Å². The number of hydrogen-bond donors (Lipinski definition) is 0. The molecule has 2 aliphatic rings. The van der Waals surface area contributed by atoms with E-state index in [-0.39, 0.29) is 17.8 Å². The molecule has 0 saturated carbocycles. The fraction of sp³-hybridized carbons (Fsp3) is 0.588. The van der Waals surface area contributed by atoms with E-state index in [2.05, 4.69) is 0 Å². The molecule has 1 amide bonds. The summed E-state index contributed by atoms with van der Waals surface area (Å²) in [6.07, 6.45) is -4.55. The fourth-order valence-corrected chi connectivity index (χ4v) is 3.56. The summed E-state index contributed by atoms with van der Waals surface area (Å²) in [5.74, 6) is 0. The minimum Gasteiger partial charge on any atom is -0.444 e. The molecule has 0 radical (unpaired) electrons. The van der Waals surface area contributed by atoms with Gasteiger partial charge in [-0.2, -0.15) is 13.2 Å². The number of nitro groups is 1. The second kappa shape index (κ2) is 6.28. The number of fused-ring (bicyclic) bond motifs is 2. The standard InChI is InChI=1S/C17H20F3N3O4/c1-16(2,3)27-15(24)22-9-13-7-14(22)8-21(13)11-4-10(17(18,19)20)5-12(6-11)23(25)26/h4-6,13-14H,7-9H2,1-3H3/t13-,14-/m0/s1. The van der Waals surface area contributed by atoms with Crippen LogP contribution in [0.1, 0.15) is 32.8 Å². The van der Waals surface area contributed by atoms with Gasteiger partial charge < -0.3 is 14.5 Å². The molecule has 0 spiro atoms. The molecule has 7 nitrogen and oxygen atoms in total. The smallest absolute Gasteiger partial charge is 0.416 e.